The van der Waals surface area contributed by atoms with Gasteiger partial charge in [-0.25, -0.2) is 0 Å². The van der Waals surface area contributed by atoms with Crippen molar-refractivity contribution in [3.05, 3.63) is 23.8 Å². The van der Waals surface area contributed by atoms with Gasteiger partial charge in [-0.3, -0.25) is 0 Å². The molecule has 0 aliphatic carbocycles. The Hall–Kier alpha value is -1.26. The first-order valence-corrected chi connectivity index (χ1v) is 5.13. The third-order valence-corrected chi connectivity index (χ3v) is 2.59. The third kappa shape index (κ3) is 2.46. The Morgan fingerprint density at radius 2 is 1.94 bits per heavy atom. The summed E-state index contributed by atoms with van der Waals surface area (Å²) in [5, 5.41) is 9.40. The molecule has 0 aliphatic heterocycles. The summed E-state index contributed by atoms with van der Waals surface area (Å²) in [4.78, 5) is 1.94. The van der Waals surface area contributed by atoms with Crippen LogP contribution < -0.4 is 9.47 Å². The van der Waals surface area contributed by atoms with Gasteiger partial charge in [-0.15, -0.1) is 0 Å². The highest BCUT2D eigenvalue weighted by Gasteiger charge is 2.19. The van der Waals surface area contributed by atoms with Gasteiger partial charge in [-0.05, 0) is 20.2 Å². The van der Waals surface area contributed by atoms with Gasteiger partial charge in [0.05, 0.1) is 26.9 Å². The van der Waals surface area contributed by atoms with Crippen LogP contribution in [0.1, 0.15) is 11.6 Å². The smallest absolute Gasteiger partial charge is 0.165 e. The zero-order valence-electron chi connectivity index (χ0n) is 10.2. The van der Waals surface area contributed by atoms with E-state index in [1.807, 2.05) is 37.2 Å². The normalized spacial score (nSPS) is 12.6. The van der Waals surface area contributed by atoms with Gasteiger partial charge in [-0.1, -0.05) is 12.1 Å². The molecule has 1 aromatic rings. The molecule has 0 heterocycles. The zero-order chi connectivity index (χ0) is 12.1. The summed E-state index contributed by atoms with van der Waals surface area (Å²) in [5.41, 5.74) is 0.925. The molecule has 0 radical (unpaired) electrons. The monoisotopic (exact) mass is 225 g/mol. The first kappa shape index (κ1) is 12.8. The topological polar surface area (TPSA) is 41.9 Å². The van der Waals surface area contributed by atoms with Crippen molar-refractivity contribution in [1.29, 1.82) is 0 Å². The Labute approximate surface area is 96.4 Å². The number of likely N-dealkylation sites (N-methyl/N-ethyl adjacent to an activating group) is 1. The van der Waals surface area contributed by atoms with E-state index in [1.54, 1.807) is 14.2 Å². The first-order chi connectivity index (χ1) is 7.65. The SMILES string of the molecule is COc1cccc(C(CO)N(C)C)c1OC. The van der Waals surface area contributed by atoms with E-state index in [4.69, 9.17) is 9.47 Å². The van der Waals surface area contributed by atoms with Gasteiger partial charge in [0.1, 0.15) is 0 Å². The Morgan fingerprint density at radius 1 is 1.25 bits per heavy atom. The van der Waals surface area contributed by atoms with Crippen molar-refractivity contribution < 1.29 is 14.6 Å². The molecule has 0 saturated carbocycles. The van der Waals surface area contributed by atoms with Crippen LogP contribution in [0, 0.1) is 0 Å². The highest BCUT2D eigenvalue weighted by atomic mass is 16.5. The lowest BCUT2D eigenvalue weighted by Crippen LogP contribution is -2.23. The minimum Gasteiger partial charge on any atom is -0.493 e. The third-order valence-electron chi connectivity index (χ3n) is 2.59. The van der Waals surface area contributed by atoms with Gasteiger partial charge in [0, 0.05) is 5.56 Å². The van der Waals surface area contributed by atoms with Gasteiger partial charge in [0.25, 0.3) is 0 Å². The predicted octanol–water partition coefficient (Wildman–Crippen LogP) is 1.30. The zero-order valence-corrected chi connectivity index (χ0v) is 10.2. The molecule has 0 amide bonds. The Kier molecular flexibility index (Phi) is 4.58. The van der Waals surface area contributed by atoms with Crippen molar-refractivity contribution in [2.24, 2.45) is 0 Å². The van der Waals surface area contributed by atoms with Crippen LogP contribution in [0.15, 0.2) is 18.2 Å². The average molecular weight is 225 g/mol. The van der Waals surface area contributed by atoms with E-state index < -0.39 is 0 Å². The van der Waals surface area contributed by atoms with E-state index in [9.17, 15) is 5.11 Å². The standard InChI is InChI=1S/C12H19NO3/c1-13(2)10(8-14)9-6-5-7-11(15-3)12(9)16-4/h5-7,10,14H,8H2,1-4H3. The molecule has 1 unspecified atom stereocenters. The second kappa shape index (κ2) is 5.72. The molecule has 1 rings (SSSR count). The summed E-state index contributed by atoms with van der Waals surface area (Å²) in [7, 11) is 7.04. The van der Waals surface area contributed by atoms with Crippen LogP contribution in [0.3, 0.4) is 0 Å². The van der Waals surface area contributed by atoms with Crippen molar-refractivity contribution in [2.75, 3.05) is 34.9 Å². The molecule has 4 heteroatoms. The fourth-order valence-electron chi connectivity index (χ4n) is 1.71. The van der Waals surface area contributed by atoms with Crippen LogP contribution >= 0.6 is 0 Å². The van der Waals surface area contributed by atoms with Gasteiger partial charge in [0.15, 0.2) is 11.5 Å². The molecule has 0 aromatic heterocycles. The maximum absolute atomic E-state index is 9.40. The van der Waals surface area contributed by atoms with Crippen molar-refractivity contribution >= 4 is 0 Å². The molecule has 0 aliphatic rings. The summed E-state index contributed by atoms with van der Waals surface area (Å²) < 4.78 is 10.6. The molecule has 4 nitrogen and oxygen atoms in total. The van der Waals surface area contributed by atoms with Gasteiger partial charge < -0.3 is 19.5 Å². The Morgan fingerprint density at radius 3 is 2.38 bits per heavy atom. The highest BCUT2D eigenvalue weighted by Crippen LogP contribution is 2.35. The second-order valence-corrected chi connectivity index (χ2v) is 3.74. The highest BCUT2D eigenvalue weighted by molar-refractivity contribution is 5.48. The van der Waals surface area contributed by atoms with Gasteiger partial charge in [-0.2, -0.15) is 0 Å². The van der Waals surface area contributed by atoms with Crippen LogP contribution in [0.25, 0.3) is 0 Å². The lowest BCUT2D eigenvalue weighted by molar-refractivity contribution is 0.167. The Bertz CT molecular complexity index is 339. The summed E-state index contributed by atoms with van der Waals surface area (Å²) in [6.45, 7) is 0.0382. The minimum atomic E-state index is -0.0925. The second-order valence-electron chi connectivity index (χ2n) is 3.74. The summed E-state index contributed by atoms with van der Waals surface area (Å²) in [6.07, 6.45) is 0. The molecule has 0 fully saturated rings. The van der Waals surface area contributed by atoms with E-state index in [0.717, 1.165) is 5.56 Å². The van der Waals surface area contributed by atoms with E-state index >= 15 is 0 Å². The van der Waals surface area contributed by atoms with E-state index in [2.05, 4.69) is 0 Å². The number of hydrogen-bond donors (Lipinski definition) is 1. The lowest BCUT2D eigenvalue weighted by atomic mass is 10.0. The van der Waals surface area contributed by atoms with Gasteiger partial charge >= 0.3 is 0 Å². The van der Waals surface area contributed by atoms with Crippen LogP contribution in [0.4, 0.5) is 0 Å². The summed E-state index contributed by atoms with van der Waals surface area (Å²) in [5.74, 6) is 1.36. The number of aliphatic hydroxyl groups is 1. The van der Waals surface area contributed by atoms with E-state index in [0.29, 0.717) is 11.5 Å². The largest absolute Gasteiger partial charge is 0.493 e. The first-order valence-electron chi connectivity index (χ1n) is 5.13. The van der Waals surface area contributed by atoms with Crippen LogP contribution in [-0.4, -0.2) is 44.9 Å². The van der Waals surface area contributed by atoms with Gasteiger partial charge in [0.2, 0.25) is 0 Å². The van der Waals surface area contributed by atoms with E-state index in [-0.39, 0.29) is 12.6 Å². The summed E-state index contributed by atoms with van der Waals surface area (Å²) >= 11 is 0. The van der Waals surface area contributed by atoms with Crippen LogP contribution in [-0.2, 0) is 0 Å². The lowest BCUT2D eigenvalue weighted by Gasteiger charge is -2.25. The van der Waals surface area contributed by atoms with Crippen molar-refractivity contribution in [3.63, 3.8) is 0 Å². The average Bonchev–Trinajstić information content (AvgIpc) is 2.29. The molecule has 1 N–H and O–H groups in total. The maximum atomic E-state index is 9.40. The molecular formula is C12H19NO3. The quantitative estimate of drug-likeness (QED) is 0.820. The number of benzene rings is 1. The fourth-order valence-corrected chi connectivity index (χ4v) is 1.71. The molecular weight excluding hydrogens is 206 g/mol. The van der Waals surface area contributed by atoms with Crippen molar-refractivity contribution in [1.82, 2.24) is 4.90 Å². The molecule has 16 heavy (non-hydrogen) atoms. The van der Waals surface area contributed by atoms with Crippen molar-refractivity contribution in [2.45, 2.75) is 6.04 Å². The molecule has 0 spiro atoms. The number of hydrogen-bond acceptors (Lipinski definition) is 4. The molecule has 1 aromatic carbocycles. The number of aliphatic hydroxyl groups excluding tert-OH is 1. The Balaban J connectivity index is 3.20. The van der Waals surface area contributed by atoms with Crippen LogP contribution in [0.2, 0.25) is 0 Å². The predicted molar refractivity (Wildman–Crippen MR) is 63.1 cm³/mol. The number of para-hydroxylation sites is 1. The molecule has 1 atom stereocenters. The number of nitrogens with zero attached hydrogens (tertiary/aromatic N) is 1. The molecule has 0 bridgehead atoms. The number of ether oxygens (including phenoxy) is 2. The summed E-state index contributed by atoms with van der Waals surface area (Å²) in [6, 6.07) is 5.57. The minimum absolute atomic E-state index is 0.0382. The fraction of sp³-hybridized carbons (Fsp3) is 0.500. The maximum Gasteiger partial charge on any atom is 0.165 e. The van der Waals surface area contributed by atoms with E-state index in [1.165, 1.54) is 0 Å². The molecule has 90 valence electrons. The van der Waals surface area contributed by atoms with Crippen molar-refractivity contribution in [3.8, 4) is 11.5 Å². The number of rotatable bonds is 5. The number of methoxy groups -OCH3 is 2. The molecule has 0 saturated heterocycles. The van der Waals surface area contributed by atoms with Crippen LogP contribution in [0.5, 0.6) is 11.5 Å².